The molecule has 0 aromatic heterocycles. The second-order valence-corrected chi connectivity index (χ2v) is 6.87. The van der Waals surface area contributed by atoms with E-state index in [0.717, 1.165) is 5.56 Å². The number of phenols is 1. The van der Waals surface area contributed by atoms with Crippen LogP contribution in [-0.2, 0) is 27.2 Å². The monoisotopic (exact) mass is 434 g/mol. The molecule has 3 atom stereocenters. The summed E-state index contributed by atoms with van der Waals surface area (Å²) in [6.07, 6.45) is 0.385. The van der Waals surface area contributed by atoms with E-state index in [1.807, 2.05) is 30.3 Å². The molecule has 0 spiro atoms. The second kappa shape index (κ2) is 11.8. The minimum atomic E-state index is -0.962. The fraction of sp³-hybridized carbons (Fsp3) is 0.286. The Balaban J connectivity index is 0.00000450. The Labute approximate surface area is 181 Å². The molecule has 0 aliphatic carbocycles. The van der Waals surface area contributed by atoms with Crippen molar-refractivity contribution in [1.82, 2.24) is 10.6 Å². The van der Waals surface area contributed by atoms with Crippen molar-refractivity contribution in [3.05, 3.63) is 65.7 Å². The first-order chi connectivity index (χ1) is 13.8. The molecule has 2 aromatic rings. The Kier molecular flexibility index (Phi) is 9.80. The molecule has 0 heterocycles. The van der Waals surface area contributed by atoms with Gasteiger partial charge in [0.25, 0.3) is 0 Å². The van der Waals surface area contributed by atoms with Crippen LogP contribution in [0.25, 0.3) is 0 Å². The summed E-state index contributed by atoms with van der Waals surface area (Å²) in [5, 5.41) is 14.6. The standard InChI is InChI=1S/C21H26N4O4.ClH/c1-13(22)20(28)25-18(12-15-7-9-16(26)10-8-15)21(29)24-17(19(23)27)11-14-5-3-2-4-6-14;/h2-10,13,17-18,26H,11-12,22H2,1H3,(H2,23,27)(H,24,29)(H,25,28);1H. The first-order valence-corrected chi connectivity index (χ1v) is 9.23. The highest BCUT2D eigenvalue weighted by atomic mass is 35.5. The van der Waals surface area contributed by atoms with Crippen molar-refractivity contribution in [3.63, 3.8) is 0 Å². The van der Waals surface area contributed by atoms with Crippen LogP contribution in [0.5, 0.6) is 5.75 Å². The van der Waals surface area contributed by atoms with Crippen molar-refractivity contribution in [2.75, 3.05) is 0 Å². The highest BCUT2D eigenvalue weighted by Crippen LogP contribution is 2.12. The van der Waals surface area contributed by atoms with Gasteiger partial charge >= 0.3 is 0 Å². The van der Waals surface area contributed by atoms with E-state index in [2.05, 4.69) is 10.6 Å². The average Bonchev–Trinajstić information content (AvgIpc) is 2.69. The van der Waals surface area contributed by atoms with Crippen LogP contribution in [0.4, 0.5) is 0 Å². The number of nitrogens with two attached hydrogens (primary N) is 2. The topological polar surface area (TPSA) is 148 Å². The smallest absolute Gasteiger partial charge is 0.243 e. The lowest BCUT2D eigenvalue weighted by molar-refractivity contribution is -0.131. The van der Waals surface area contributed by atoms with E-state index in [1.165, 1.54) is 19.1 Å². The number of hydrogen-bond acceptors (Lipinski definition) is 5. The predicted octanol–water partition coefficient (Wildman–Crippen LogP) is 0.401. The molecule has 2 rings (SSSR count). The number of phenolic OH excluding ortho intramolecular Hbond substituents is 1. The number of primary amides is 1. The van der Waals surface area contributed by atoms with Gasteiger partial charge in [0.1, 0.15) is 17.8 Å². The molecule has 9 heteroatoms. The van der Waals surface area contributed by atoms with Crippen molar-refractivity contribution < 1.29 is 19.5 Å². The zero-order chi connectivity index (χ0) is 21.4. The van der Waals surface area contributed by atoms with Crippen LogP contribution in [0.15, 0.2) is 54.6 Å². The average molecular weight is 435 g/mol. The number of rotatable bonds is 9. The van der Waals surface area contributed by atoms with Gasteiger partial charge in [0.05, 0.1) is 6.04 Å². The van der Waals surface area contributed by atoms with Gasteiger partial charge in [-0.1, -0.05) is 42.5 Å². The Hall–Kier alpha value is -3.10. The quantitative estimate of drug-likeness (QED) is 0.387. The predicted molar refractivity (Wildman–Crippen MR) is 116 cm³/mol. The number of benzene rings is 2. The van der Waals surface area contributed by atoms with Crippen LogP contribution in [0, 0.1) is 0 Å². The van der Waals surface area contributed by atoms with Gasteiger partial charge < -0.3 is 27.2 Å². The maximum Gasteiger partial charge on any atom is 0.243 e. The Bertz CT molecular complexity index is 844. The van der Waals surface area contributed by atoms with Crippen LogP contribution in [-0.4, -0.2) is 41.0 Å². The van der Waals surface area contributed by atoms with E-state index in [-0.39, 0.29) is 31.0 Å². The zero-order valence-corrected chi connectivity index (χ0v) is 17.4. The molecule has 2 aromatic carbocycles. The minimum absolute atomic E-state index is 0. The summed E-state index contributed by atoms with van der Waals surface area (Å²) in [4.78, 5) is 36.8. The van der Waals surface area contributed by atoms with Gasteiger partial charge in [0, 0.05) is 12.8 Å². The third-order valence-electron chi connectivity index (χ3n) is 4.37. The summed E-state index contributed by atoms with van der Waals surface area (Å²) in [7, 11) is 0. The summed E-state index contributed by atoms with van der Waals surface area (Å²) in [6.45, 7) is 1.51. The van der Waals surface area contributed by atoms with Gasteiger partial charge in [-0.15, -0.1) is 12.4 Å². The molecule has 0 radical (unpaired) electrons. The molecule has 0 aliphatic heterocycles. The summed E-state index contributed by atoms with van der Waals surface area (Å²) in [6, 6.07) is 12.7. The van der Waals surface area contributed by atoms with Crippen LogP contribution in [0.3, 0.4) is 0 Å². The third kappa shape index (κ3) is 7.73. The van der Waals surface area contributed by atoms with Gasteiger partial charge in [-0.05, 0) is 30.2 Å². The van der Waals surface area contributed by atoms with Crippen molar-refractivity contribution in [1.29, 1.82) is 0 Å². The molecule has 0 saturated heterocycles. The molecule has 3 amide bonds. The van der Waals surface area contributed by atoms with Crippen molar-refractivity contribution in [2.45, 2.75) is 37.9 Å². The second-order valence-electron chi connectivity index (χ2n) is 6.87. The molecule has 0 fully saturated rings. The highest BCUT2D eigenvalue weighted by molar-refractivity contribution is 5.92. The lowest BCUT2D eigenvalue weighted by Gasteiger charge is -2.23. The SMILES string of the molecule is CC(N)C(=O)NC(Cc1ccc(O)cc1)C(=O)NC(Cc1ccccc1)C(N)=O.Cl. The molecular weight excluding hydrogens is 408 g/mol. The van der Waals surface area contributed by atoms with Gasteiger partial charge in [0.2, 0.25) is 17.7 Å². The van der Waals surface area contributed by atoms with Crippen molar-refractivity contribution in [2.24, 2.45) is 11.5 Å². The summed E-state index contributed by atoms with van der Waals surface area (Å²) >= 11 is 0. The fourth-order valence-electron chi connectivity index (χ4n) is 2.73. The number of carbonyl (C=O) groups is 3. The van der Waals surface area contributed by atoms with E-state index >= 15 is 0 Å². The minimum Gasteiger partial charge on any atom is -0.508 e. The van der Waals surface area contributed by atoms with Crippen molar-refractivity contribution >= 4 is 30.1 Å². The van der Waals surface area contributed by atoms with Crippen molar-refractivity contribution in [3.8, 4) is 5.75 Å². The lowest BCUT2D eigenvalue weighted by Crippen LogP contribution is -2.56. The molecule has 0 bridgehead atoms. The molecule has 0 saturated carbocycles. The summed E-state index contributed by atoms with van der Waals surface area (Å²) in [5.41, 5.74) is 12.6. The highest BCUT2D eigenvalue weighted by Gasteiger charge is 2.27. The van der Waals surface area contributed by atoms with Gasteiger partial charge in [-0.2, -0.15) is 0 Å². The van der Waals surface area contributed by atoms with Gasteiger partial charge in [0.15, 0.2) is 0 Å². The number of amides is 3. The normalized spacial score (nSPS) is 13.3. The lowest BCUT2D eigenvalue weighted by atomic mass is 10.0. The number of halogens is 1. The van der Waals surface area contributed by atoms with Crippen LogP contribution >= 0.6 is 12.4 Å². The van der Waals surface area contributed by atoms with E-state index in [1.54, 1.807) is 12.1 Å². The molecule has 8 nitrogen and oxygen atoms in total. The number of aromatic hydroxyl groups is 1. The number of carbonyl (C=O) groups excluding carboxylic acids is 3. The zero-order valence-electron chi connectivity index (χ0n) is 16.6. The maximum absolute atomic E-state index is 12.9. The van der Waals surface area contributed by atoms with Crippen LogP contribution in [0.2, 0.25) is 0 Å². The molecule has 30 heavy (non-hydrogen) atoms. The van der Waals surface area contributed by atoms with E-state index < -0.39 is 35.8 Å². The van der Waals surface area contributed by atoms with Crippen LogP contribution in [0.1, 0.15) is 18.1 Å². The molecule has 3 unspecified atom stereocenters. The molecule has 0 aliphatic rings. The first kappa shape index (κ1) is 24.9. The molecule has 162 valence electrons. The Morgan fingerprint density at radius 2 is 1.37 bits per heavy atom. The summed E-state index contributed by atoms with van der Waals surface area (Å²) < 4.78 is 0. The first-order valence-electron chi connectivity index (χ1n) is 9.23. The number of hydrogen-bond donors (Lipinski definition) is 5. The van der Waals surface area contributed by atoms with Crippen LogP contribution < -0.4 is 22.1 Å². The van der Waals surface area contributed by atoms with E-state index in [0.29, 0.717) is 5.56 Å². The Morgan fingerprint density at radius 1 is 0.867 bits per heavy atom. The summed E-state index contributed by atoms with van der Waals surface area (Å²) in [5.74, 6) is -1.63. The third-order valence-corrected chi connectivity index (χ3v) is 4.37. The maximum atomic E-state index is 12.9. The number of nitrogens with one attached hydrogen (secondary N) is 2. The van der Waals surface area contributed by atoms with E-state index in [9.17, 15) is 19.5 Å². The van der Waals surface area contributed by atoms with E-state index in [4.69, 9.17) is 11.5 Å². The largest absolute Gasteiger partial charge is 0.508 e. The molecular formula is C21H27ClN4O4. The van der Waals surface area contributed by atoms with Gasteiger partial charge in [-0.3, -0.25) is 14.4 Å². The Morgan fingerprint density at radius 3 is 1.90 bits per heavy atom. The fourth-order valence-corrected chi connectivity index (χ4v) is 2.73. The van der Waals surface area contributed by atoms with Gasteiger partial charge in [-0.25, -0.2) is 0 Å². The molecule has 7 N–H and O–H groups in total.